The Kier molecular flexibility index (Phi) is 4.80. The van der Waals surface area contributed by atoms with Gasteiger partial charge >= 0.3 is 6.18 Å². The number of hydrogen-bond donors (Lipinski definition) is 2. The molecule has 17 heavy (non-hydrogen) atoms. The van der Waals surface area contributed by atoms with Gasteiger partial charge in [-0.2, -0.15) is 13.2 Å². The molecular formula is C11H19F3N2O. The van der Waals surface area contributed by atoms with Crippen molar-refractivity contribution in [1.29, 1.82) is 0 Å². The van der Waals surface area contributed by atoms with Gasteiger partial charge in [-0.1, -0.05) is 6.92 Å². The van der Waals surface area contributed by atoms with E-state index in [2.05, 4.69) is 5.32 Å². The molecule has 0 heterocycles. The van der Waals surface area contributed by atoms with Gasteiger partial charge in [-0.3, -0.25) is 4.79 Å². The number of hydrogen-bond acceptors (Lipinski definition) is 2. The third-order valence-electron chi connectivity index (χ3n) is 3.31. The topological polar surface area (TPSA) is 55.1 Å². The minimum Gasteiger partial charge on any atom is -0.352 e. The molecule has 0 aromatic carbocycles. The number of halogens is 3. The minimum absolute atomic E-state index is 0.0931. The van der Waals surface area contributed by atoms with Gasteiger partial charge in [0.2, 0.25) is 5.91 Å². The second kappa shape index (κ2) is 5.71. The Morgan fingerprint density at radius 1 is 1.35 bits per heavy atom. The number of alkyl halides is 3. The average molecular weight is 252 g/mol. The molecule has 0 aromatic rings. The molecule has 0 spiro atoms. The number of nitrogens with one attached hydrogen (secondary N) is 1. The highest BCUT2D eigenvalue weighted by Crippen LogP contribution is 2.37. The van der Waals surface area contributed by atoms with Gasteiger partial charge in [0.25, 0.3) is 0 Å². The summed E-state index contributed by atoms with van der Waals surface area (Å²) in [5, 5.41) is 2.71. The van der Waals surface area contributed by atoms with Crippen LogP contribution in [0.4, 0.5) is 13.2 Å². The van der Waals surface area contributed by atoms with E-state index in [9.17, 15) is 18.0 Å². The molecule has 100 valence electrons. The lowest BCUT2D eigenvalue weighted by Gasteiger charge is -2.30. The summed E-state index contributed by atoms with van der Waals surface area (Å²) >= 11 is 0. The third kappa shape index (κ3) is 4.18. The first kappa shape index (κ1) is 14.3. The molecule has 1 amide bonds. The molecule has 1 atom stereocenters. The predicted molar refractivity (Wildman–Crippen MR) is 58.2 cm³/mol. The van der Waals surface area contributed by atoms with Crippen LogP contribution in [0, 0.1) is 5.92 Å². The van der Waals surface area contributed by atoms with Crippen molar-refractivity contribution in [3.8, 4) is 0 Å². The Bertz CT molecular complexity index is 260. The van der Waals surface area contributed by atoms with E-state index in [1.165, 1.54) is 0 Å². The summed E-state index contributed by atoms with van der Waals surface area (Å²) in [4.78, 5) is 11.5. The molecular weight excluding hydrogens is 233 g/mol. The van der Waals surface area contributed by atoms with Crippen molar-refractivity contribution in [2.45, 2.75) is 57.3 Å². The van der Waals surface area contributed by atoms with Crippen LogP contribution in [0.15, 0.2) is 0 Å². The molecule has 1 aliphatic rings. The number of amides is 1. The Morgan fingerprint density at radius 2 is 1.88 bits per heavy atom. The molecule has 1 saturated carbocycles. The zero-order valence-electron chi connectivity index (χ0n) is 9.89. The van der Waals surface area contributed by atoms with Gasteiger partial charge in [-0.05, 0) is 32.1 Å². The molecule has 0 saturated heterocycles. The average Bonchev–Trinajstić information content (AvgIpc) is 2.27. The fraction of sp³-hybridized carbons (Fsp3) is 0.909. The zero-order valence-corrected chi connectivity index (χ0v) is 9.89. The lowest BCUT2D eigenvalue weighted by molar-refractivity contribution is -0.182. The van der Waals surface area contributed by atoms with Crippen LogP contribution in [0.1, 0.15) is 39.0 Å². The van der Waals surface area contributed by atoms with Gasteiger partial charge in [0, 0.05) is 6.04 Å². The van der Waals surface area contributed by atoms with Gasteiger partial charge in [0.1, 0.15) is 0 Å². The number of rotatable bonds is 3. The Labute approximate surface area is 98.9 Å². The predicted octanol–water partition coefficient (Wildman–Crippen LogP) is 1.96. The lowest BCUT2D eigenvalue weighted by atomic mass is 9.85. The van der Waals surface area contributed by atoms with Gasteiger partial charge in [-0.15, -0.1) is 0 Å². The highest BCUT2D eigenvalue weighted by molar-refractivity contribution is 5.81. The van der Waals surface area contributed by atoms with Crippen LogP contribution in [0.2, 0.25) is 0 Å². The van der Waals surface area contributed by atoms with E-state index in [0.29, 0.717) is 19.3 Å². The first-order chi connectivity index (χ1) is 7.84. The van der Waals surface area contributed by atoms with Crippen LogP contribution < -0.4 is 11.1 Å². The van der Waals surface area contributed by atoms with Gasteiger partial charge in [0.15, 0.2) is 0 Å². The van der Waals surface area contributed by atoms with Crippen molar-refractivity contribution in [3.05, 3.63) is 0 Å². The summed E-state index contributed by atoms with van der Waals surface area (Å²) in [6.45, 7) is 1.80. The van der Waals surface area contributed by atoms with Crippen molar-refractivity contribution in [2.75, 3.05) is 0 Å². The van der Waals surface area contributed by atoms with E-state index in [4.69, 9.17) is 5.73 Å². The standard InChI is InChI=1S/C11H19F3N2O/c1-2-9(15)10(17)16-8-5-3-7(4-6-8)11(12,13)14/h7-9H,2-6,15H2,1H3,(H,16,17)/t7?,8?,9-/m1/s1. The first-order valence-electron chi connectivity index (χ1n) is 5.97. The van der Waals surface area contributed by atoms with Crippen molar-refractivity contribution < 1.29 is 18.0 Å². The number of nitrogens with two attached hydrogens (primary N) is 1. The highest BCUT2D eigenvalue weighted by Gasteiger charge is 2.41. The maximum Gasteiger partial charge on any atom is 0.391 e. The van der Waals surface area contributed by atoms with Gasteiger partial charge in [-0.25, -0.2) is 0 Å². The normalized spacial score (nSPS) is 27.6. The van der Waals surface area contributed by atoms with Crippen LogP contribution in [0.25, 0.3) is 0 Å². The molecule has 0 radical (unpaired) electrons. The molecule has 0 aromatic heterocycles. The fourth-order valence-corrected chi connectivity index (χ4v) is 2.06. The second-order valence-electron chi connectivity index (χ2n) is 4.61. The Balaban J connectivity index is 2.35. The van der Waals surface area contributed by atoms with Crippen LogP contribution in [-0.4, -0.2) is 24.2 Å². The van der Waals surface area contributed by atoms with Gasteiger partial charge in [0.05, 0.1) is 12.0 Å². The Morgan fingerprint density at radius 3 is 2.29 bits per heavy atom. The van der Waals surface area contributed by atoms with Crippen molar-refractivity contribution in [3.63, 3.8) is 0 Å². The maximum atomic E-state index is 12.4. The molecule has 1 rings (SSSR count). The summed E-state index contributed by atoms with van der Waals surface area (Å²) in [5.74, 6) is -1.47. The molecule has 6 heteroatoms. The largest absolute Gasteiger partial charge is 0.391 e. The monoisotopic (exact) mass is 252 g/mol. The van der Waals surface area contributed by atoms with E-state index in [1.807, 2.05) is 0 Å². The smallest absolute Gasteiger partial charge is 0.352 e. The van der Waals surface area contributed by atoms with E-state index >= 15 is 0 Å². The summed E-state index contributed by atoms with van der Waals surface area (Å²) in [7, 11) is 0. The summed E-state index contributed by atoms with van der Waals surface area (Å²) < 4.78 is 37.2. The van der Waals surface area contributed by atoms with Crippen molar-refractivity contribution in [1.82, 2.24) is 5.32 Å². The molecule has 0 bridgehead atoms. The first-order valence-corrected chi connectivity index (χ1v) is 5.97. The molecule has 3 nitrogen and oxygen atoms in total. The Hall–Kier alpha value is -0.780. The van der Waals surface area contributed by atoms with E-state index in [1.54, 1.807) is 6.92 Å². The van der Waals surface area contributed by atoms with E-state index in [-0.39, 0.29) is 24.8 Å². The highest BCUT2D eigenvalue weighted by atomic mass is 19.4. The number of carbonyl (C=O) groups excluding carboxylic acids is 1. The maximum absolute atomic E-state index is 12.4. The quantitative estimate of drug-likeness (QED) is 0.806. The van der Waals surface area contributed by atoms with E-state index < -0.39 is 18.1 Å². The molecule has 0 unspecified atom stereocenters. The second-order valence-corrected chi connectivity index (χ2v) is 4.61. The van der Waals surface area contributed by atoms with Gasteiger partial charge < -0.3 is 11.1 Å². The van der Waals surface area contributed by atoms with Crippen molar-refractivity contribution in [2.24, 2.45) is 11.7 Å². The van der Waals surface area contributed by atoms with Crippen LogP contribution in [-0.2, 0) is 4.79 Å². The molecule has 0 aliphatic heterocycles. The lowest BCUT2D eigenvalue weighted by Crippen LogP contribution is -2.46. The van der Waals surface area contributed by atoms with Crippen LogP contribution in [0.3, 0.4) is 0 Å². The van der Waals surface area contributed by atoms with Crippen molar-refractivity contribution >= 4 is 5.91 Å². The minimum atomic E-state index is -4.10. The summed E-state index contributed by atoms with van der Waals surface area (Å²) in [6, 6.07) is -0.714. The SMILES string of the molecule is CC[C@@H](N)C(=O)NC1CCC(C(F)(F)F)CC1. The summed E-state index contributed by atoms with van der Waals surface area (Å²) in [5.41, 5.74) is 5.54. The van der Waals surface area contributed by atoms with Crippen LogP contribution in [0.5, 0.6) is 0 Å². The molecule has 1 aliphatic carbocycles. The molecule has 1 fully saturated rings. The molecule has 3 N–H and O–H groups in total. The zero-order chi connectivity index (χ0) is 13.1. The summed E-state index contributed by atoms with van der Waals surface area (Å²) in [6.07, 6.45) is -2.62. The third-order valence-corrected chi connectivity index (χ3v) is 3.31. The fourth-order valence-electron chi connectivity index (χ4n) is 2.06. The number of carbonyl (C=O) groups is 1. The van der Waals surface area contributed by atoms with Crippen LogP contribution >= 0.6 is 0 Å². The van der Waals surface area contributed by atoms with E-state index in [0.717, 1.165) is 0 Å².